The highest BCUT2D eigenvalue weighted by Crippen LogP contribution is 2.24. The van der Waals surface area contributed by atoms with Gasteiger partial charge in [0.1, 0.15) is 18.4 Å². The van der Waals surface area contributed by atoms with Crippen LogP contribution in [0.5, 0.6) is 5.75 Å². The normalized spacial score (nSPS) is 11.8. The summed E-state index contributed by atoms with van der Waals surface area (Å²) in [6.07, 6.45) is 0. The van der Waals surface area contributed by atoms with E-state index in [0.29, 0.717) is 12.2 Å². The Hall–Kier alpha value is -2.80. The van der Waals surface area contributed by atoms with Crippen LogP contribution in [0.15, 0.2) is 53.7 Å². The molecule has 0 saturated heterocycles. The van der Waals surface area contributed by atoms with E-state index in [2.05, 4.69) is 38.1 Å². The van der Waals surface area contributed by atoms with Gasteiger partial charge in [-0.05, 0) is 28.7 Å². The van der Waals surface area contributed by atoms with Gasteiger partial charge in [0.05, 0.1) is 0 Å². The first-order valence-corrected chi connectivity index (χ1v) is 7.39. The van der Waals surface area contributed by atoms with Crippen molar-refractivity contribution in [2.45, 2.75) is 32.8 Å². The van der Waals surface area contributed by atoms with E-state index in [1.165, 1.54) is 5.56 Å². The summed E-state index contributed by atoms with van der Waals surface area (Å²) in [4.78, 5) is 0. The van der Waals surface area contributed by atoms with E-state index in [-0.39, 0.29) is 11.1 Å². The standard InChI is InChI=1S/C19H20N2O2/c1-19(2,3)15-8-10-16(11-9-15)23-13-14-6-4-5-7-17(14)18(12-20)21-22/h4-11,22H,13H2,1-3H3. The molecule has 0 aromatic heterocycles. The van der Waals surface area contributed by atoms with Gasteiger partial charge in [-0.1, -0.05) is 62.3 Å². The van der Waals surface area contributed by atoms with E-state index in [4.69, 9.17) is 15.2 Å². The molecule has 1 N–H and O–H groups in total. The highest BCUT2D eigenvalue weighted by Gasteiger charge is 2.13. The Balaban J connectivity index is 2.15. The molecule has 4 heteroatoms. The fourth-order valence-corrected chi connectivity index (χ4v) is 2.23. The van der Waals surface area contributed by atoms with Crippen molar-refractivity contribution in [2.24, 2.45) is 5.16 Å². The van der Waals surface area contributed by atoms with E-state index in [1.807, 2.05) is 30.3 Å². The maximum Gasteiger partial charge on any atom is 0.187 e. The number of benzene rings is 2. The van der Waals surface area contributed by atoms with Crippen LogP contribution in [0.2, 0.25) is 0 Å². The molecule has 0 aliphatic heterocycles. The zero-order valence-electron chi connectivity index (χ0n) is 13.6. The molecule has 0 saturated carbocycles. The summed E-state index contributed by atoms with van der Waals surface area (Å²) in [6, 6.07) is 17.1. The van der Waals surface area contributed by atoms with Gasteiger partial charge < -0.3 is 9.94 Å². The summed E-state index contributed by atoms with van der Waals surface area (Å²) in [5.74, 6) is 0.757. The summed E-state index contributed by atoms with van der Waals surface area (Å²) in [5, 5.41) is 21.0. The first kappa shape index (κ1) is 16.6. The minimum absolute atomic E-state index is 0.0210. The lowest BCUT2D eigenvalue weighted by Crippen LogP contribution is -2.10. The summed E-state index contributed by atoms with van der Waals surface area (Å²) >= 11 is 0. The number of hydrogen-bond donors (Lipinski definition) is 1. The topological polar surface area (TPSA) is 65.6 Å². The Bertz CT molecular complexity index is 735. The lowest BCUT2D eigenvalue weighted by molar-refractivity contribution is 0.305. The zero-order valence-corrected chi connectivity index (χ0v) is 13.6. The highest BCUT2D eigenvalue weighted by molar-refractivity contribution is 6.12. The SMILES string of the molecule is CC(C)(C)c1ccc(OCc2ccccc2C(C#N)=NO)cc1. The molecule has 0 radical (unpaired) electrons. The molecule has 0 unspecified atom stereocenters. The van der Waals surface area contributed by atoms with Crippen LogP contribution >= 0.6 is 0 Å². The molecule has 0 fully saturated rings. The molecule has 0 aliphatic carbocycles. The van der Waals surface area contributed by atoms with Crippen LogP contribution in [-0.4, -0.2) is 10.9 Å². The van der Waals surface area contributed by atoms with Crippen molar-refractivity contribution >= 4 is 5.71 Å². The summed E-state index contributed by atoms with van der Waals surface area (Å²) in [7, 11) is 0. The summed E-state index contributed by atoms with van der Waals surface area (Å²) in [6.45, 7) is 6.79. The predicted molar refractivity (Wildman–Crippen MR) is 89.9 cm³/mol. The fraction of sp³-hybridized carbons (Fsp3) is 0.263. The van der Waals surface area contributed by atoms with Crippen LogP contribution in [0.3, 0.4) is 0 Å². The smallest absolute Gasteiger partial charge is 0.187 e. The number of ether oxygens (including phenoxy) is 1. The molecule has 0 aliphatic rings. The number of hydrogen-bond acceptors (Lipinski definition) is 4. The average molecular weight is 308 g/mol. The van der Waals surface area contributed by atoms with Gasteiger partial charge >= 0.3 is 0 Å². The number of oxime groups is 1. The van der Waals surface area contributed by atoms with Crippen molar-refractivity contribution in [1.29, 1.82) is 5.26 Å². The summed E-state index contributed by atoms with van der Waals surface area (Å²) < 4.78 is 5.79. The second-order valence-corrected chi connectivity index (χ2v) is 6.28. The maximum absolute atomic E-state index is 9.01. The zero-order chi connectivity index (χ0) is 16.9. The maximum atomic E-state index is 9.01. The van der Waals surface area contributed by atoms with Gasteiger partial charge in [0.2, 0.25) is 0 Å². The van der Waals surface area contributed by atoms with Gasteiger partial charge in [-0.2, -0.15) is 5.26 Å². The Labute approximate surface area is 136 Å². The van der Waals surface area contributed by atoms with E-state index in [1.54, 1.807) is 12.1 Å². The second kappa shape index (κ2) is 6.97. The molecule has 0 spiro atoms. The quantitative estimate of drug-likeness (QED) is 0.521. The fourth-order valence-electron chi connectivity index (χ4n) is 2.23. The Morgan fingerprint density at radius 2 is 1.78 bits per heavy atom. The molecule has 2 rings (SSSR count). The van der Waals surface area contributed by atoms with Crippen LogP contribution in [0.4, 0.5) is 0 Å². The molecular formula is C19H20N2O2. The molecule has 0 atom stereocenters. The third-order valence-electron chi connectivity index (χ3n) is 3.59. The van der Waals surface area contributed by atoms with Crippen LogP contribution in [0.25, 0.3) is 0 Å². The first-order valence-electron chi connectivity index (χ1n) is 7.39. The Kier molecular flexibility index (Phi) is 5.02. The monoisotopic (exact) mass is 308 g/mol. The lowest BCUT2D eigenvalue weighted by atomic mass is 9.87. The van der Waals surface area contributed by atoms with Crippen LogP contribution in [-0.2, 0) is 12.0 Å². The van der Waals surface area contributed by atoms with Crippen molar-refractivity contribution in [3.8, 4) is 11.8 Å². The second-order valence-electron chi connectivity index (χ2n) is 6.28. The minimum Gasteiger partial charge on any atom is -0.489 e. The van der Waals surface area contributed by atoms with Gasteiger partial charge in [0, 0.05) is 5.56 Å². The molecule has 0 heterocycles. The van der Waals surface area contributed by atoms with Crippen molar-refractivity contribution in [3.05, 3.63) is 65.2 Å². The van der Waals surface area contributed by atoms with Crippen LogP contribution in [0, 0.1) is 11.3 Å². The molecule has 2 aromatic rings. The van der Waals surface area contributed by atoms with Crippen molar-refractivity contribution in [2.75, 3.05) is 0 Å². The number of nitriles is 1. The van der Waals surface area contributed by atoms with Gasteiger partial charge in [-0.25, -0.2) is 0 Å². The third-order valence-corrected chi connectivity index (χ3v) is 3.59. The van der Waals surface area contributed by atoms with Crippen molar-refractivity contribution in [3.63, 3.8) is 0 Å². The average Bonchev–Trinajstić information content (AvgIpc) is 2.54. The Morgan fingerprint density at radius 3 is 2.35 bits per heavy atom. The van der Waals surface area contributed by atoms with Crippen molar-refractivity contribution in [1.82, 2.24) is 0 Å². The predicted octanol–water partition coefficient (Wildman–Crippen LogP) is 4.26. The number of nitrogens with zero attached hydrogens (tertiary/aromatic N) is 2. The van der Waals surface area contributed by atoms with Gasteiger partial charge in [-0.15, -0.1) is 0 Å². The first-order chi connectivity index (χ1) is 11.0. The van der Waals surface area contributed by atoms with Crippen molar-refractivity contribution < 1.29 is 9.94 Å². The van der Waals surface area contributed by atoms with E-state index in [0.717, 1.165) is 11.3 Å². The Morgan fingerprint density at radius 1 is 1.13 bits per heavy atom. The molecule has 4 nitrogen and oxygen atoms in total. The molecule has 0 bridgehead atoms. The van der Waals surface area contributed by atoms with Gasteiger partial charge in [0.25, 0.3) is 0 Å². The van der Waals surface area contributed by atoms with Gasteiger partial charge in [0.15, 0.2) is 5.71 Å². The molecular weight excluding hydrogens is 288 g/mol. The number of rotatable bonds is 4. The van der Waals surface area contributed by atoms with Crippen LogP contribution < -0.4 is 4.74 Å². The van der Waals surface area contributed by atoms with Gasteiger partial charge in [-0.3, -0.25) is 0 Å². The molecule has 23 heavy (non-hydrogen) atoms. The minimum atomic E-state index is -0.0210. The largest absolute Gasteiger partial charge is 0.489 e. The highest BCUT2D eigenvalue weighted by atomic mass is 16.5. The summed E-state index contributed by atoms with van der Waals surface area (Å²) in [5.41, 5.74) is 2.69. The molecule has 118 valence electrons. The van der Waals surface area contributed by atoms with E-state index in [9.17, 15) is 0 Å². The van der Waals surface area contributed by atoms with Crippen LogP contribution in [0.1, 0.15) is 37.5 Å². The van der Waals surface area contributed by atoms with E-state index >= 15 is 0 Å². The lowest BCUT2D eigenvalue weighted by Gasteiger charge is -2.19. The van der Waals surface area contributed by atoms with E-state index < -0.39 is 0 Å². The third kappa shape index (κ3) is 4.10. The molecule has 2 aromatic carbocycles. The molecule has 0 amide bonds.